The second kappa shape index (κ2) is 9.72. The molecule has 7 nitrogen and oxygen atoms in total. The quantitative estimate of drug-likeness (QED) is 0.362. The van der Waals surface area contributed by atoms with Crippen LogP contribution in [-0.2, 0) is 6.42 Å². The Hall–Kier alpha value is -4.36. The standard InChI is InChI=1S/C23H19N5O2/c1-3-12-30-20-11-10-16(13-17(20)4-2)15-25-28-23-26-21(18-8-6-5-7-9-18)19(14-24)22(29)27-23/h1,5-11,13,15H,4,12H2,2H3,(H2,26,27,28,29). The molecular weight excluding hydrogens is 378 g/mol. The minimum Gasteiger partial charge on any atom is -0.481 e. The first-order chi connectivity index (χ1) is 14.7. The zero-order chi connectivity index (χ0) is 21.3. The fourth-order valence-electron chi connectivity index (χ4n) is 2.82. The Balaban J connectivity index is 1.83. The number of nitrogens with zero attached hydrogens (tertiary/aromatic N) is 3. The van der Waals surface area contributed by atoms with E-state index in [2.05, 4.69) is 26.4 Å². The van der Waals surface area contributed by atoms with Gasteiger partial charge in [-0.25, -0.2) is 10.4 Å². The SMILES string of the molecule is C#CCOc1ccc(C=NNc2nc(-c3ccccc3)c(C#N)c(=O)[nH]2)cc1CC. The van der Waals surface area contributed by atoms with Crippen molar-refractivity contribution in [3.8, 4) is 35.4 Å². The molecule has 1 aromatic heterocycles. The summed E-state index contributed by atoms with van der Waals surface area (Å²) in [7, 11) is 0. The van der Waals surface area contributed by atoms with E-state index in [0.29, 0.717) is 11.3 Å². The molecule has 148 valence electrons. The van der Waals surface area contributed by atoms with Crippen LogP contribution in [0.25, 0.3) is 11.3 Å². The van der Waals surface area contributed by atoms with Gasteiger partial charge in [-0.15, -0.1) is 6.42 Å². The normalized spacial score (nSPS) is 10.4. The Kier molecular flexibility index (Phi) is 6.60. The Bertz CT molecular complexity index is 1200. The zero-order valence-corrected chi connectivity index (χ0v) is 16.3. The molecule has 3 aromatic rings. The van der Waals surface area contributed by atoms with Gasteiger partial charge in [-0.3, -0.25) is 9.78 Å². The van der Waals surface area contributed by atoms with Gasteiger partial charge in [0.05, 0.1) is 11.9 Å². The average molecular weight is 397 g/mol. The molecule has 0 aliphatic rings. The Morgan fingerprint density at radius 1 is 1.30 bits per heavy atom. The fourth-order valence-corrected chi connectivity index (χ4v) is 2.82. The van der Waals surface area contributed by atoms with Gasteiger partial charge in [-0.1, -0.05) is 43.2 Å². The van der Waals surface area contributed by atoms with Crippen molar-refractivity contribution in [3.63, 3.8) is 0 Å². The third kappa shape index (κ3) is 4.73. The molecule has 0 bridgehead atoms. The van der Waals surface area contributed by atoms with Gasteiger partial charge in [0.25, 0.3) is 5.56 Å². The average Bonchev–Trinajstić information content (AvgIpc) is 2.78. The maximum Gasteiger partial charge on any atom is 0.270 e. The Morgan fingerprint density at radius 3 is 2.80 bits per heavy atom. The Labute approximate surface area is 174 Å². The van der Waals surface area contributed by atoms with Crippen molar-refractivity contribution in [1.29, 1.82) is 5.26 Å². The first-order valence-corrected chi connectivity index (χ1v) is 9.24. The molecule has 0 aliphatic heterocycles. The number of terminal acetylenes is 1. The third-order valence-corrected chi connectivity index (χ3v) is 4.24. The number of benzene rings is 2. The number of aryl methyl sites for hydroxylation is 1. The predicted molar refractivity (Wildman–Crippen MR) is 116 cm³/mol. The lowest BCUT2D eigenvalue weighted by atomic mass is 10.1. The van der Waals surface area contributed by atoms with E-state index in [1.54, 1.807) is 18.3 Å². The molecular formula is C23H19N5O2. The molecule has 0 amide bonds. The number of aromatic nitrogens is 2. The van der Waals surface area contributed by atoms with Gasteiger partial charge in [0.15, 0.2) is 0 Å². The van der Waals surface area contributed by atoms with E-state index in [-0.39, 0.29) is 18.1 Å². The molecule has 0 fully saturated rings. The first-order valence-electron chi connectivity index (χ1n) is 9.24. The molecule has 2 N–H and O–H groups in total. The first kappa shape index (κ1) is 20.4. The summed E-state index contributed by atoms with van der Waals surface area (Å²) in [6.07, 6.45) is 7.62. The number of rotatable bonds is 7. The van der Waals surface area contributed by atoms with E-state index >= 15 is 0 Å². The maximum absolute atomic E-state index is 12.3. The van der Waals surface area contributed by atoms with E-state index in [1.165, 1.54) is 0 Å². The summed E-state index contributed by atoms with van der Waals surface area (Å²) < 4.78 is 5.52. The lowest BCUT2D eigenvalue weighted by Gasteiger charge is -2.09. The summed E-state index contributed by atoms with van der Waals surface area (Å²) in [5.41, 5.74) is 4.94. The lowest BCUT2D eigenvalue weighted by molar-refractivity contribution is 0.366. The van der Waals surface area contributed by atoms with Gasteiger partial charge in [-0.05, 0) is 35.7 Å². The van der Waals surface area contributed by atoms with Crippen LogP contribution in [0.3, 0.4) is 0 Å². The number of aromatic amines is 1. The van der Waals surface area contributed by atoms with Gasteiger partial charge in [-0.2, -0.15) is 10.4 Å². The minimum absolute atomic E-state index is 0.0501. The van der Waals surface area contributed by atoms with E-state index in [4.69, 9.17) is 11.2 Å². The summed E-state index contributed by atoms with van der Waals surface area (Å²) in [5.74, 6) is 3.33. The highest BCUT2D eigenvalue weighted by molar-refractivity contribution is 5.81. The molecule has 1 heterocycles. The smallest absolute Gasteiger partial charge is 0.270 e. The molecule has 30 heavy (non-hydrogen) atoms. The van der Waals surface area contributed by atoms with Crippen molar-refractivity contribution in [3.05, 3.63) is 75.6 Å². The second-order valence-electron chi connectivity index (χ2n) is 6.20. The van der Waals surface area contributed by atoms with E-state index in [1.807, 2.05) is 49.4 Å². The van der Waals surface area contributed by atoms with E-state index in [9.17, 15) is 10.1 Å². The van der Waals surface area contributed by atoms with Crippen LogP contribution in [0, 0.1) is 23.7 Å². The van der Waals surface area contributed by atoms with Crippen LogP contribution in [0.4, 0.5) is 5.95 Å². The molecule has 0 spiro atoms. The number of nitriles is 1. The van der Waals surface area contributed by atoms with Gasteiger partial charge in [0, 0.05) is 5.56 Å². The van der Waals surface area contributed by atoms with Crippen LogP contribution in [0.2, 0.25) is 0 Å². The molecule has 0 radical (unpaired) electrons. The van der Waals surface area contributed by atoms with Gasteiger partial charge >= 0.3 is 0 Å². The summed E-state index contributed by atoms with van der Waals surface area (Å²) in [6.45, 7) is 2.23. The number of hydrogen-bond acceptors (Lipinski definition) is 6. The summed E-state index contributed by atoms with van der Waals surface area (Å²) in [4.78, 5) is 19.1. The maximum atomic E-state index is 12.3. The van der Waals surface area contributed by atoms with Crippen LogP contribution in [0.1, 0.15) is 23.6 Å². The van der Waals surface area contributed by atoms with Gasteiger partial charge in [0.2, 0.25) is 5.95 Å². The molecule has 0 unspecified atom stereocenters. The van der Waals surface area contributed by atoms with Crippen molar-refractivity contribution in [1.82, 2.24) is 9.97 Å². The number of nitrogens with one attached hydrogen (secondary N) is 2. The lowest BCUT2D eigenvalue weighted by Crippen LogP contribution is -2.16. The Morgan fingerprint density at radius 2 is 2.10 bits per heavy atom. The third-order valence-electron chi connectivity index (χ3n) is 4.24. The molecule has 0 saturated carbocycles. The van der Waals surface area contributed by atoms with E-state index in [0.717, 1.165) is 23.3 Å². The van der Waals surface area contributed by atoms with Gasteiger partial charge < -0.3 is 4.74 Å². The fraction of sp³-hybridized carbons (Fsp3) is 0.130. The second-order valence-corrected chi connectivity index (χ2v) is 6.20. The molecule has 0 atom stereocenters. The van der Waals surface area contributed by atoms with Crippen molar-refractivity contribution >= 4 is 12.2 Å². The molecule has 0 saturated heterocycles. The minimum atomic E-state index is -0.535. The number of H-pyrrole nitrogens is 1. The monoisotopic (exact) mass is 397 g/mol. The zero-order valence-electron chi connectivity index (χ0n) is 16.3. The molecule has 2 aromatic carbocycles. The van der Waals surface area contributed by atoms with Crippen molar-refractivity contribution < 1.29 is 4.74 Å². The molecule has 0 aliphatic carbocycles. The van der Waals surface area contributed by atoms with Crippen LogP contribution in [0.5, 0.6) is 5.75 Å². The van der Waals surface area contributed by atoms with Gasteiger partial charge in [0.1, 0.15) is 24.0 Å². The highest BCUT2D eigenvalue weighted by Crippen LogP contribution is 2.21. The van der Waals surface area contributed by atoms with Crippen LogP contribution in [0.15, 0.2) is 58.4 Å². The topological polar surface area (TPSA) is 103 Å². The highest BCUT2D eigenvalue weighted by Gasteiger charge is 2.12. The highest BCUT2D eigenvalue weighted by atomic mass is 16.5. The molecule has 7 heteroatoms. The number of anilines is 1. The molecule has 3 rings (SSSR count). The van der Waals surface area contributed by atoms with Crippen molar-refractivity contribution in [2.75, 3.05) is 12.0 Å². The van der Waals surface area contributed by atoms with Crippen LogP contribution < -0.4 is 15.7 Å². The van der Waals surface area contributed by atoms with Crippen LogP contribution >= 0.6 is 0 Å². The predicted octanol–water partition coefficient (Wildman–Crippen LogP) is 3.33. The van der Waals surface area contributed by atoms with Crippen LogP contribution in [-0.4, -0.2) is 22.8 Å². The summed E-state index contributed by atoms with van der Waals surface area (Å²) in [6, 6.07) is 16.6. The number of ether oxygens (including phenoxy) is 1. The summed E-state index contributed by atoms with van der Waals surface area (Å²) >= 11 is 0. The summed E-state index contributed by atoms with van der Waals surface area (Å²) in [5, 5.41) is 13.5. The van der Waals surface area contributed by atoms with Crippen molar-refractivity contribution in [2.45, 2.75) is 13.3 Å². The van der Waals surface area contributed by atoms with Crippen molar-refractivity contribution in [2.24, 2.45) is 5.10 Å². The largest absolute Gasteiger partial charge is 0.481 e. The number of hydrogen-bond donors (Lipinski definition) is 2. The van der Waals surface area contributed by atoms with E-state index < -0.39 is 5.56 Å². The number of hydrazone groups is 1.